The van der Waals surface area contributed by atoms with Crippen molar-refractivity contribution in [2.45, 2.75) is 33.1 Å². The van der Waals surface area contributed by atoms with Crippen LogP contribution in [0.15, 0.2) is 47.1 Å². The zero-order chi connectivity index (χ0) is 27.7. The highest BCUT2D eigenvalue weighted by molar-refractivity contribution is 7.98. The topological polar surface area (TPSA) is 79.0 Å². The van der Waals surface area contributed by atoms with Gasteiger partial charge in [-0.2, -0.15) is 11.8 Å². The molecular weight excluding hydrogens is 491 g/mol. The van der Waals surface area contributed by atoms with Crippen molar-refractivity contribution in [3.63, 3.8) is 0 Å². The first-order valence-electron chi connectivity index (χ1n) is 13.3. The van der Waals surface area contributed by atoms with Crippen LogP contribution < -0.4 is 11.2 Å². The summed E-state index contributed by atoms with van der Waals surface area (Å²) in [6.45, 7) is 6.56. The second kappa shape index (κ2) is 14.1. The summed E-state index contributed by atoms with van der Waals surface area (Å²) in [5.74, 6) is 1.50. The Kier molecular flexibility index (Phi) is 10.8. The second-order valence-electron chi connectivity index (χ2n) is 9.72. The zero-order valence-corrected chi connectivity index (χ0v) is 24.1. The number of carbonyl (C=O) groups is 2. The lowest BCUT2D eigenvalue weighted by Crippen LogP contribution is -2.34. The quantitative estimate of drug-likeness (QED) is 0.330. The molecule has 0 saturated heterocycles. The molecule has 0 atom stereocenters. The summed E-state index contributed by atoms with van der Waals surface area (Å²) in [7, 11) is 4.07. The molecule has 8 heteroatoms. The number of carbonyl (C=O) groups excluding carboxylic acids is 2. The fourth-order valence-corrected chi connectivity index (χ4v) is 5.03. The predicted octanol–water partition coefficient (Wildman–Crippen LogP) is 4.11. The molecule has 0 bridgehead atoms. The Bertz CT molecular complexity index is 1250. The van der Waals surface area contributed by atoms with Crippen molar-refractivity contribution < 1.29 is 9.59 Å². The normalized spacial score (nSPS) is 12.9. The van der Waals surface area contributed by atoms with Crippen molar-refractivity contribution >= 4 is 60.9 Å². The van der Waals surface area contributed by atoms with Gasteiger partial charge in [-0.3, -0.25) is 9.59 Å². The molecule has 38 heavy (non-hydrogen) atoms. The number of amides is 1. The summed E-state index contributed by atoms with van der Waals surface area (Å²) in [6, 6.07) is 9.98. The lowest BCUT2D eigenvalue weighted by molar-refractivity contribution is -0.127. The number of nitrogens with two attached hydrogens (primary N) is 1. The van der Waals surface area contributed by atoms with E-state index >= 15 is 0 Å². The van der Waals surface area contributed by atoms with E-state index in [4.69, 9.17) is 10.7 Å². The number of aliphatic imine (C=N–C) groups is 1. The Hall–Kier alpha value is -3.26. The molecule has 6 nitrogen and oxygen atoms in total. The lowest BCUT2D eigenvalue weighted by atomic mass is 9.85. The van der Waals surface area contributed by atoms with Gasteiger partial charge in [-0.05, 0) is 71.8 Å². The van der Waals surface area contributed by atoms with E-state index in [0.29, 0.717) is 23.4 Å². The minimum absolute atomic E-state index is 0.0338. The van der Waals surface area contributed by atoms with E-state index in [2.05, 4.69) is 31.1 Å². The third kappa shape index (κ3) is 7.41. The molecule has 1 amide bonds. The van der Waals surface area contributed by atoms with Crippen LogP contribution in [-0.2, 0) is 4.79 Å². The third-order valence-corrected chi connectivity index (χ3v) is 7.16. The van der Waals surface area contributed by atoms with Crippen LogP contribution in [0.5, 0.6) is 0 Å². The van der Waals surface area contributed by atoms with E-state index in [-0.39, 0.29) is 5.91 Å². The number of aldehydes is 1. The van der Waals surface area contributed by atoms with Crippen LogP contribution in [0.1, 0.15) is 54.6 Å². The van der Waals surface area contributed by atoms with Gasteiger partial charge in [0, 0.05) is 50.0 Å². The Balaban J connectivity index is 2.00. The van der Waals surface area contributed by atoms with Gasteiger partial charge >= 0.3 is 0 Å². The zero-order valence-electron chi connectivity index (χ0n) is 23.3. The van der Waals surface area contributed by atoms with Crippen LogP contribution in [0.2, 0.25) is 0 Å². The minimum Gasteiger partial charge on any atom is -0.387 e. The molecule has 0 spiro atoms. The Morgan fingerprint density at radius 1 is 1.11 bits per heavy atom. The molecule has 1 heterocycles. The maximum absolute atomic E-state index is 13.4. The SMILES string of the molecule is Bc1cc(-c2ccc(C=O)c(/C=C\N(C)CCSC)c2)cc2c1C=C(C(=O)N(CCC)CCC)CC(N)=N2. The van der Waals surface area contributed by atoms with Crippen molar-refractivity contribution in [3.8, 4) is 11.1 Å². The van der Waals surface area contributed by atoms with Gasteiger partial charge in [0.1, 0.15) is 13.7 Å². The number of thioether (sulfide) groups is 1. The van der Waals surface area contributed by atoms with E-state index in [1.165, 1.54) is 0 Å². The number of rotatable bonds is 12. The number of hydrogen-bond donors (Lipinski definition) is 1. The maximum Gasteiger partial charge on any atom is 0.250 e. The first kappa shape index (κ1) is 29.3. The molecule has 0 aliphatic carbocycles. The first-order chi connectivity index (χ1) is 18.3. The molecule has 2 N–H and O–H groups in total. The van der Waals surface area contributed by atoms with Gasteiger partial charge in [-0.15, -0.1) is 0 Å². The highest BCUT2D eigenvalue weighted by Gasteiger charge is 2.22. The molecular formula is C30H39BN4O2S. The summed E-state index contributed by atoms with van der Waals surface area (Å²) in [5, 5.41) is 0. The predicted molar refractivity (Wildman–Crippen MR) is 167 cm³/mol. The van der Waals surface area contributed by atoms with Crippen LogP contribution in [0, 0.1) is 0 Å². The van der Waals surface area contributed by atoms with Gasteiger partial charge in [0.25, 0.3) is 0 Å². The van der Waals surface area contributed by atoms with Gasteiger partial charge in [0.2, 0.25) is 5.91 Å². The van der Waals surface area contributed by atoms with Gasteiger partial charge in [0.15, 0.2) is 6.29 Å². The highest BCUT2D eigenvalue weighted by Crippen LogP contribution is 2.32. The molecule has 0 aromatic heterocycles. The average molecular weight is 531 g/mol. The summed E-state index contributed by atoms with van der Waals surface area (Å²) in [5.41, 5.74) is 13.2. The number of fused-ring (bicyclic) bond motifs is 1. The molecule has 3 rings (SSSR count). The monoisotopic (exact) mass is 530 g/mol. The number of amidine groups is 1. The summed E-state index contributed by atoms with van der Waals surface area (Å²) in [4.78, 5) is 33.8. The standard InChI is InChI=1S/C30H39BN4O2S/c1-5-10-35(11-6-2)30(37)25-16-26-27(31)17-24(18-28(26)33-29(32)19-25)21-7-8-23(20-36)22(15-21)9-12-34(3)13-14-38-4/h7-9,12,15-18,20H,5-6,10-11,13-14,19,31H2,1-4H3,(H2,32,33)/b12-9-. The molecule has 0 unspecified atom stereocenters. The largest absolute Gasteiger partial charge is 0.387 e. The average Bonchev–Trinajstić information content (AvgIpc) is 3.08. The van der Waals surface area contributed by atoms with Crippen LogP contribution in [0.25, 0.3) is 23.3 Å². The van der Waals surface area contributed by atoms with Crippen LogP contribution in [0.3, 0.4) is 0 Å². The Labute approximate surface area is 232 Å². The fraction of sp³-hybridized carbons (Fsp3) is 0.367. The van der Waals surface area contributed by atoms with E-state index in [1.54, 1.807) is 11.8 Å². The highest BCUT2D eigenvalue weighted by atomic mass is 32.2. The molecule has 200 valence electrons. The van der Waals surface area contributed by atoms with E-state index in [0.717, 1.165) is 77.9 Å². The number of hydrogen-bond acceptors (Lipinski definition) is 6. The van der Waals surface area contributed by atoms with Crippen molar-refractivity contribution in [3.05, 3.63) is 58.8 Å². The maximum atomic E-state index is 13.4. The summed E-state index contributed by atoms with van der Waals surface area (Å²) < 4.78 is 0. The second-order valence-corrected chi connectivity index (χ2v) is 10.7. The third-order valence-electron chi connectivity index (χ3n) is 6.57. The van der Waals surface area contributed by atoms with Crippen LogP contribution in [-0.4, -0.2) is 74.4 Å². The smallest absolute Gasteiger partial charge is 0.250 e. The Morgan fingerprint density at radius 3 is 2.50 bits per heavy atom. The van der Waals surface area contributed by atoms with Gasteiger partial charge in [0.05, 0.1) is 5.69 Å². The van der Waals surface area contributed by atoms with E-state index in [9.17, 15) is 9.59 Å². The lowest BCUT2D eigenvalue weighted by Gasteiger charge is -2.22. The molecule has 1 aliphatic rings. The van der Waals surface area contributed by atoms with Crippen molar-refractivity contribution in [1.82, 2.24) is 9.80 Å². The minimum atomic E-state index is 0.0338. The number of benzene rings is 2. The molecule has 0 fully saturated rings. The van der Waals surface area contributed by atoms with E-state index in [1.807, 2.05) is 62.4 Å². The molecule has 0 radical (unpaired) electrons. The van der Waals surface area contributed by atoms with Crippen molar-refractivity contribution in [2.75, 3.05) is 38.7 Å². The van der Waals surface area contributed by atoms with Crippen molar-refractivity contribution in [2.24, 2.45) is 10.7 Å². The molecule has 1 aliphatic heterocycles. The summed E-state index contributed by atoms with van der Waals surface area (Å²) in [6.07, 6.45) is 11.1. The van der Waals surface area contributed by atoms with E-state index < -0.39 is 0 Å². The molecule has 2 aromatic rings. The number of nitrogens with zero attached hydrogens (tertiary/aromatic N) is 3. The van der Waals surface area contributed by atoms with Crippen LogP contribution >= 0.6 is 11.8 Å². The molecule has 0 saturated carbocycles. The first-order valence-corrected chi connectivity index (χ1v) is 14.6. The Morgan fingerprint density at radius 2 is 1.84 bits per heavy atom. The van der Waals surface area contributed by atoms with Crippen LogP contribution in [0.4, 0.5) is 5.69 Å². The summed E-state index contributed by atoms with van der Waals surface area (Å²) >= 11 is 1.80. The van der Waals surface area contributed by atoms with Crippen molar-refractivity contribution in [1.29, 1.82) is 0 Å². The van der Waals surface area contributed by atoms with Gasteiger partial charge in [-0.1, -0.05) is 37.5 Å². The molecule has 2 aromatic carbocycles. The van der Waals surface area contributed by atoms with Gasteiger partial charge < -0.3 is 15.5 Å². The fourth-order valence-electron chi connectivity index (χ4n) is 4.56. The van der Waals surface area contributed by atoms with Gasteiger partial charge in [-0.25, -0.2) is 4.99 Å².